The molecule has 0 bridgehead atoms. The average Bonchev–Trinajstić information content (AvgIpc) is 2.49. The van der Waals surface area contributed by atoms with Crippen LogP contribution in [0.2, 0.25) is 0 Å². The molecule has 0 saturated carbocycles. The SMILES string of the molecule is CC(C)(C)OC(=O)N1CCC(NC(=O)Nc2ccc(F)cc2F)CC1. The number of nitrogens with zero attached hydrogens (tertiary/aromatic N) is 1. The Balaban J connectivity index is 1.79. The van der Waals surface area contributed by atoms with Crippen molar-refractivity contribution in [3.63, 3.8) is 0 Å². The van der Waals surface area contributed by atoms with Crippen LogP contribution in [0.3, 0.4) is 0 Å². The van der Waals surface area contributed by atoms with Crippen molar-refractivity contribution in [2.24, 2.45) is 0 Å². The van der Waals surface area contributed by atoms with E-state index in [0.717, 1.165) is 12.1 Å². The quantitative estimate of drug-likeness (QED) is 0.853. The van der Waals surface area contributed by atoms with Gasteiger partial charge in [0.15, 0.2) is 0 Å². The highest BCUT2D eigenvalue weighted by molar-refractivity contribution is 5.89. The molecule has 2 rings (SSSR count). The molecule has 1 heterocycles. The van der Waals surface area contributed by atoms with E-state index in [1.165, 1.54) is 0 Å². The molecule has 138 valence electrons. The van der Waals surface area contributed by atoms with Gasteiger partial charge in [0.2, 0.25) is 0 Å². The van der Waals surface area contributed by atoms with E-state index in [1.54, 1.807) is 25.7 Å². The molecular formula is C17H23F2N3O3. The standard InChI is InChI=1S/C17H23F2N3O3/c1-17(2,3)25-16(24)22-8-6-12(7-9-22)20-15(23)21-14-5-4-11(18)10-13(14)19/h4-5,10,12H,6-9H2,1-3H3,(H2,20,21,23). The summed E-state index contributed by atoms with van der Waals surface area (Å²) in [5, 5.41) is 5.08. The fourth-order valence-corrected chi connectivity index (χ4v) is 2.47. The van der Waals surface area contributed by atoms with Gasteiger partial charge in [-0.3, -0.25) is 0 Å². The summed E-state index contributed by atoms with van der Waals surface area (Å²) in [5.74, 6) is -1.55. The highest BCUT2D eigenvalue weighted by Crippen LogP contribution is 2.17. The first-order valence-corrected chi connectivity index (χ1v) is 8.14. The molecule has 1 aromatic rings. The zero-order valence-corrected chi connectivity index (χ0v) is 14.6. The Kier molecular flexibility index (Phi) is 5.81. The van der Waals surface area contributed by atoms with Crippen molar-refractivity contribution < 1.29 is 23.1 Å². The number of carbonyl (C=O) groups is 2. The lowest BCUT2D eigenvalue weighted by Crippen LogP contribution is -2.48. The third-order valence-corrected chi connectivity index (χ3v) is 3.66. The predicted octanol–water partition coefficient (Wildman–Crippen LogP) is 3.49. The smallest absolute Gasteiger partial charge is 0.410 e. The van der Waals surface area contributed by atoms with E-state index in [1.807, 2.05) is 0 Å². The van der Waals surface area contributed by atoms with E-state index in [-0.39, 0.29) is 17.8 Å². The summed E-state index contributed by atoms with van der Waals surface area (Å²) in [4.78, 5) is 25.5. The van der Waals surface area contributed by atoms with E-state index < -0.39 is 23.3 Å². The Morgan fingerprint density at radius 1 is 1.20 bits per heavy atom. The summed E-state index contributed by atoms with van der Waals surface area (Å²) in [6.07, 6.45) is 0.765. The van der Waals surface area contributed by atoms with Crippen LogP contribution in [0.1, 0.15) is 33.6 Å². The molecule has 1 aromatic carbocycles. The molecule has 0 unspecified atom stereocenters. The molecule has 0 radical (unpaired) electrons. The number of halogens is 2. The third-order valence-electron chi connectivity index (χ3n) is 3.66. The lowest BCUT2D eigenvalue weighted by atomic mass is 10.1. The van der Waals surface area contributed by atoms with Crippen LogP contribution in [0.15, 0.2) is 18.2 Å². The molecular weight excluding hydrogens is 332 g/mol. The number of hydrogen-bond donors (Lipinski definition) is 2. The fourth-order valence-electron chi connectivity index (χ4n) is 2.47. The number of ether oxygens (including phenoxy) is 1. The predicted molar refractivity (Wildman–Crippen MR) is 89.3 cm³/mol. The minimum atomic E-state index is -0.838. The van der Waals surface area contributed by atoms with Crippen LogP contribution in [0.25, 0.3) is 0 Å². The molecule has 1 saturated heterocycles. The zero-order chi connectivity index (χ0) is 18.6. The molecule has 1 aliphatic rings. The molecule has 1 fully saturated rings. The van der Waals surface area contributed by atoms with Gasteiger partial charge in [-0.1, -0.05) is 0 Å². The number of hydrogen-bond acceptors (Lipinski definition) is 3. The molecule has 0 aliphatic carbocycles. The average molecular weight is 355 g/mol. The van der Waals surface area contributed by atoms with Crippen LogP contribution in [-0.4, -0.2) is 41.8 Å². The maximum absolute atomic E-state index is 13.5. The molecule has 0 spiro atoms. The number of urea groups is 1. The van der Waals surface area contributed by atoms with Gasteiger partial charge in [0.05, 0.1) is 5.69 Å². The highest BCUT2D eigenvalue weighted by Gasteiger charge is 2.27. The van der Waals surface area contributed by atoms with Crippen LogP contribution in [-0.2, 0) is 4.74 Å². The van der Waals surface area contributed by atoms with Gasteiger partial charge in [-0.25, -0.2) is 18.4 Å². The molecule has 1 aliphatic heterocycles. The molecule has 25 heavy (non-hydrogen) atoms. The van der Waals surface area contributed by atoms with Crippen molar-refractivity contribution in [3.8, 4) is 0 Å². The molecule has 0 aromatic heterocycles. The summed E-state index contributed by atoms with van der Waals surface area (Å²) in [5.41, 5.74) is -0.643. The van der Waals surface area contributed by atoms with Crippen LogP contribution in [0, 0.1) is 11.6 Å². The van der Waals surface area contributed by atoms with Gasteiger partial charge in [0.25, 0.3) is 0 Å². The number of carbonyl (C=O) groups excluding carboxylic acids is 2. The molecule has 3 amide bonds. The van der Waals surface area contributed by atoms with Crippen LogP contribution in [0.4, 0.5) is 24.1 Å². The maximum atomic E-state index is 13.5. The first-order valence-electron chi connectivity index (χ1n) is 8.14. The largest absolute Gasteiger partial charge is 0.444 e. The second-order valence-electron chi connectivity index (χ2n) is 6.96. The lowest BCUT2D eigenvalue weighted by molar-refractivity contribution is 0.0202. The van der Waals surface area contributed by atoms with Gasteiger partial charge in [0.1, 0.15) is 17.2 Å². The van der Waals surface area contributed by atoms with Gasteiger partial charge < -0.3 is 20.3 Å². The summed E-state index contributed by atoms with van der Waals surface area (Å²) < 4.78 is 31.7. The van der Waals surface area contributed by atoms with Gasteiger partial charge in [0, 0.05) is 25.2 Å². The number of amides is 3. The summed E-state index contributed by atoms with van der Waals surface area (Å²) in [7, 11) is 0. The van der Waals surface area contributed by atoms with Crippen molar-refractivity contribution in [2.45, 2.75) is 45.3 Å². The van der Waals surface area contributed by atoms with Crippen molar-refractivity contribution in [2.75, 3.05) is 18.4 Å². The Morgan fingerprint density at radius 3 is 2.40 bits per heavy atom. The Morgan fingerprint density at radius 2 is 1.84 bits per heavy atom. The fraction of sp³-hybridized carbons (Fsp3) is 0.529. The van der Waals surface area contributed by atoms with Crippen molar-refractivity contribution >= 4 is 17.8 Å². The van der Waals surface area contributed by atoms with Gasteiger partial charge in [-0.05, 0) is 45.7 Å². The molecule has 2 N–H and O–H groups in total. The summed E-state index contributed by atoms with van der Waals surface area (Å²) in [6, 6.07) is 2.23. The van der Waals surface area contributed by atoms with E-state index in [9.17, 15) is 18.4 Å². The Bertz CT molecular complexity index is 639. The first kappa shape index (κ1) is 19.0. The first-order chi connectivity index (χ1) is 11.6. The number of nitrogens with one attached hydrogen (secondary N) is 2. The van der Waals surface area contributed by atoms with Crippen LogP contribution in [0.5, 0.6) is 0 Å². The van der Waals surface area contributed by atoms with E-state index in [0.29, 0.717) is 32.0 Å². The maximum Gasteiger partial charge on any atom is 0.410 e. The van der Waals surface area contributed by atoms with Gasteiger partial charge in [-0.2, -0.15) is 0 Å². The van der Waals surface area contributed by atoms with Crippen molar-refractivity contribution in [1.82, 2.24) is 10.2 Å². The van der Waals surface area contributed by atoms with E-state index >= 15 is 0 Å². The number of likely N-dealkylation sites (tertiary alicyclic amines) is 1. The topological polar surface area (TPSA) is 70.7 Å². The zero-order valence-electron chi connectivity index (χ0n) is 14.6. The highest BCUT2D eigenvalue weighted by atomic mass is 19.1. The lowest BCUT2D eigenvalue weighted by Gasteiger charge is -2.33. The Hall–Kier alpha value is -2.38. The van der Waals surface area contributed by atoms with Gasteiger partial charge >= 0.3 is 12.1 Å². The monoisotopic (exact) mass is 355 g/mol. The number of rotatable bonds is 2. The third kappa shape index (κ3) is 5.88. The Labute approximate surface area is 145 Å². The second-order valence-corrected chi connectivity index (χ2v) is 6.96. The molecule has 6 nitrogen and oxygen atoms in total. The number of piperidine rings is 1. The van der Waals surface area contributed by atoms with Crippen molar-refractivity contribution in [3.05, 3.63) is 29.8 Å². The summed E-state index contributed by atoms with van der Waals surface area (Å²) >= 11 is 0. The minimum Gasteiger partial charge on any atom is -0.444 e. The van der Waals surface area contributed by atoms with Gasteiger partial charge in [-0.15, -0.1) is 0 Å². The number of benzene rings is 1. The molecule has 0 atom stereocenters. The minimum absolute atomic E-state index is 0.0925. The van der Waals surface area contributed by atoms with E-state index in [2.05, 4.69) is 10.6 Å². The number of anilines is 1. The van der Waals surface area contributed by atoms with E-state index in [4.69, 9.17) is 4.74 Å². The second kappa shape index (κ2) is 7.67. The normalized spacial score (nSPS) is 15.6. The van der Waals surface area contributed by atoms with Crippen molar-refractivity contribution in [1.29, 1.82) is 0 Å². The van der Waals surface area contributed by atoms with Crippen LogP contribution >= 0.6 is 0 Å². The van der Waals surface area contributed by atoms with Crippen LogP contribution < -0.4 is 10.6 Å². The summed E-state index contributed by atoms with van der Waals surface area (Å²) in [6.45, 7) is 6.34. The molecule has 8 heteroatoms.